The minimum absolute atomic E-state index is 0.0369. The van der Waals surface area contributed by atoms with Gasteiger partial charge in [0.1, 0.15) is 5.75 Å². The second-order valence-corrected chi connectivity index (χ2v) is 7.57. The third kappa shape index (κ3) is 4.87. The molecule has 0 aromatic heterocycles. The summed E-state index contributed by atoms with van der Waals surface area (Å²) in [7, 11) is 1.62. The van der Waals surface area contributed by atoms with Gasteiger partial charge >= 0.3 is 6.03 Å². The van der Waals surface area contributed by atoms with Gasteiger partial charge in [0.15, 0.2) is 0 Å². The van der Waals surface area contributed by atoms with E-state index in [0.717, 1.165) is 41.5 Å². The summed E-state index contributed by atoms with van der Waals surface area (Å²) >= 11 is 3.43. The molecule has 0 spiro atoms. The third-order valence-corrected chi connectivity index (χ3v) is 5.24. The predicted octanol–water partition coefficient (Wildman–Crippen LogP) is 2.66. The molecule has 136 valence electrons. The summed E-state index contributed by atoms with van der Waals surface area (Å²) in [4.78, 5) is 26.3. The first-order valence-corrected chi connectivity index (χ1v) is 9.51. The monoisotopic (exact) mass is 409 g/mol. The average molecular weight is 410 g/mol. The second kappa shape index (κ2) is 8.08. The maximum atomic E-state index is 12.4. The van der Waals surface area contributed by atoms with E-state index >= 15 is 0 Å². The van der Waals surface area contributed by atoms with Gasteiger partial charge in [-0.1, -0.05) is 15.9 Å². The van der Waals surface area contributed by atoms with Crippen molar-refractivity contribution in [2.75, 3.05) is 20.2 Å². The predicted molar refractivity (Wildman–Crippen MR) is 98.4 cm³/mol. The number of urea groups is 1. The van der Waals surface area contributed by atoms with Crippen LogP contribution in [0.1, 0.15) is 31.2 Å². The third-order valence-electron chi connectivity index (χ3n) is 4.75. The number of carbonyl (C=O) groups excluding carboxylic acids is 2. The van der Waals surface area contributed by atoms with Crippen LogP contribution in [-0.2, 0) is 11.3 Å². The van der Waals surface area contributed by atoms with Crippen LogP contribution in [0.3, 0.4) is 0 Å². The number of rotatable bonds is 5. The molecule has 1 aliphatic carbocycles. The topological polar surface area (TPSA) is 70.7 Å². The molecule has 2 fully saturated rings. The quantitative estimate of drug-likeness (QED) is 0.784. The Morgan fingerprint density at radius 3 is 2.60 bits per heavy atom. The smallest absolute Gasteiger partial charge is 0.317 e. The Hall–Kier alpha value is -1.76. The number of piperidine rings is 1. The average Bonchev–Trinajstić information content (AvgIpc) is 3.44. The lowest BCUT2D eigenvalue weighted by atomic mass is 9.96. The Balaban J connectivity index is 1.46. The van der Waals surface area contributed by atoms with Crippen LogP contribution < -0.4 is 15.4 Å². The van der Waals surface area contributed by atoms with Crippen molar-refractivity contribution in [1.29, 1.82) is 0 Å². The first-order valence-electron chi connectivity index (χ1n) is 8.72. The van der Waals surface area contributed by atoms with Gasteiger partial charge in [0, 0.05) is 41.6 Å². The van der Waals surface area contributed by atoms with Gasteiger partial charge in [-0.15, -0.1) is 0 Å². The summed E-state index contributed by atoms with van der Waals surface area (Å²) in [5, 5.41) is 6.00. The summed E-state index contributed by atoms with van der Waals surface area (Å²) in [6, 6.07) is 6.02. The number of amides is 3. The minimum atomic E-state index is -0.0944. The number of carbonyl (C=O) groups is 2. The molecule has 3 rings (SSSR count). The Labute approximate surface area is 156 Å². The molecule has 1 saturated carbocycles. The first kappa shape index (κ1) is 18.0. The van der Waals surface area contributed by atoms with Crippen molar-refractivity contribution in [3.8, 4) is 5.75 Å². The molecule has 1 heterocycles. The summed E-state index contributed by atoms with van der Waals surface area (Å²) in [5.41, 5.74) is 0.920. The number of ether oxygens (including phenoxy) is 1. The maximum Gasteiger partial charge on any atom is 0.317 e. The summed E-state index contributed by atoms with van der Waals surface area (Å²) in [6.45, 7) is 1.64. The summed E-state index contributed by atoms with van der Waals surface area (Å²) < 4.78 is 6.27. The zero-order chi connectivity index (χ0) is 17.8. The molecule has 1 aromatic carbocycles. The van der Waals surface area contributed by atoms with Gasteiger partial charge < -0.3 is 20.3 Å². The van der Waals surface area contributed by atoms with Crippen LogP contribution in [0.4, 0.5) is 4.79 Å². The normalized spacial score (nSPS) is 17.9. The highest BCUT2D eigenvalue weighted by atomic mass is 79.9. The van der Waals surface area contributed by atoms with Crippen molar-refractivity contribution in [3.63, 3.8) is 0 Å². The van der Waals surface area contributed by atoms with E-state index in [4.69, 9.17) is 4.74 Å². The van der Waals surface area contributed by atoms with E-state index in [1.165, 1.54) is 0 Å². The fourth-order valence-corrected chi connectivity index (χ4v) is 3.47. The lowest BCUT2D eigenvalue weighted by Gasteiger charge is -2.31. The molecule has 1 saturated heterocycles. The van der Waals surface area contributed by atoms with Crippen molar-refractivity contribution < 1.29 is 14.3 Å². The van der Waals surface area contributed by atoms with Gasteiger partial charge in [-0.05, 0) is 43.9 Å². The number of methoxy groups -OCH3 is 1. The van der Waals surface area contributed by atoms with Gasteiger partial charge in [-0.2, -0.15) is 0 Å². The zero-order valence-corrected chi connectivity index (χ0v) is 16.0. The fourth-order valence-electron chi connectivity index (χ4n) is 3.06. The van der Waals surface area contributed by atoms with Crippen molar-refractivity contribution in [3.05, 3.63) is 28.2 Å². The van der Waals surface area contributed by atoms with Crippen LogP contribution in [0, 0.1) is 5.92 Å². The Morgan fingerprint density at radius 2 is 1.96 bits per heavy atom. The summed E-state index contributed by atoms with van der Waals surface area (Å²) in [6.07, 6.45) is 3.66. The molecule has 25 heavy (non-hydrogen) atoms. The van der Waals surface area contributed by atoms with Crippen molar-refractivity contribution in [1.82, 2.24) is 15.5 Å². The van der Waals surface area contributed by atoms with Crippen LogP contribution in [0.5, 0.6) is 5.75 Å². The van der Waals surface area contributed by atoms with Crippen molar-refractivity contribution >= 4 is 27.9 Å². The molecule has 1 aliphatic heterocycles. The molecule has 0 unspecified atom stereocenters. The molecule has 1 aromatic rings. The maximum absolute atomic E-state index is 12.4. The highest BCUT2D eigenvalue weighted by Gasteiger charge is 2.31. The lowest BCUT2D eigenvalue weighted by molar-refractivity contribution is -0.126. The lowest BCUT2D eigenvalue weighted by Crippen LogP contribution is -2.47. The molecular formula is C18H24BrN3O3. The van der Waals surface area contributed by atoms with Gasteiger partial charge in [0.05, 0.1) is 7.11 Å². The molecule has 0 radical (unpaired) electrons. The number of hydrogen-bond acceptors (Lipinski definition) is 3. The molecule has 3 amide bonds. The van der Waals surface area contributed by atoms with Crippen LogP contribution >= 0.6 is 15.9 Å². The first-order chi connectivity index (χ1) is 12.1. The molecular weight excluding hydrogens is 386 g/mol. The van der Waals surface area contributed by atoms with E-state index in [1.807, 2.05) is 18.2 Å². The number of benzene rings is 1. The fraction of sp³-hybridized carbons (Fsp3) is 0.556. The molecule has 2 aliphatic rings. The second-order valence-electron chi connectivity index (χ2n) is 6.66. The molecule has 0 atom stereocenters. The van der Waals surface area contributed by atoms with Crippen molar-refractivity contribution in [2.45, 2.75) is 38.3 Å². The van der Waals surface area contributed by atoms with Gasteiger partial charge in [0.25, 0.3) is 0 Å². The van der Waals surface area contributed by atoms with Crippen LogP contribution in [-0.4, -0.2) is 43.1 Å². The Morgan fingerprint density at radius 1 is 1.24 bits per heavy atom. The van der Waals surface area contributed by atoms with Gasteiger partial charge in [-0.25, -0.2) is 4.79 Å². The SMILES string of the molecule is COc1ccc(Br)cc1CNC(=O)N1CCC(C(=O)NC2CC2)CC1. The largest absolute Gasteiger partial charge is 0.496 e. The zero-order valence-electron chi connectivity index (χ0n) is 14.4. The van der Waals surface area contributed by atoms with Crippen molar-refractivity contribution in [2.24, 2.45) is 5.92 Å². The molecule has 6 nitrogen and oxygen atoms in total. The minimum Gasteiger partial charge on any atom is -0.496 e. The van der Waals surface area contributed by atoms with Gasteiger partial charge in [0.2, 0.25) is 5.91 Å². The van der Waals surface area contributed by atoms with E-state index in [9.17, 15) is 9.59 Å². The van der Waals surface area contributed by atoms with Crippen LogP contribution in [0.25, 0.3) is 0 Å². The van der Waals surface area contributed by atoms with E-state index < -0.39 is 0 Å². The number of nitrogens with zero attached hydrogens (tertiary/aromatic N) is 1. The Kier molecular flexibility index (Phi) is 5.83. The molecule has 0 bridgehead atoms. The van der Waals surface area contributed by atoms with Crippen LogP contribution in [0.2, 0.25) is 0 Å². The number of halogens is 1. The van der Waals surface area contributed by atoms with Crippen LogP contribution in [0.15, 0.2) is 22.7 Å². The van der Waals surface area contributed by atoms with Gasteiger partial charge in [-0.3, -0.25) is 4.79 Å². The van der Waals surface area contributed by atoms with E-state index in [0.29, 0.717) is 25.7 Å². The van der Waals surface area contributed by atoms with E-state index in [2.05, 4.69) is 26.6 Å². The standard InChI is InChI=1S/C18H24BrN3O3/c1-25-16-5-2-14(19)10-13(16)11-20-18(24)22-8-6-12(7-9-22)17(23)21-15-3-4-15/h2,5,10,12,15H,3-4,6-9,11H2,1H3,(H,20,24)(H,21,23). The number of hydrogen-bond donors (Lipinski definition) is 2. The van der Waals surface area contributed by atoms with E-state index in [1.54, 1.807) is 12.0 Å². The Bertz CT molecular complexity index is 640. The molecule has 2 N–H and O–H groups in total. The number of nitrogens with one attached hydrogen (secondary N) is 2. The highest BCUT2D eigenvalue weighted by Crippen LogP contribution is 2.24. The summed E-state index contributed by atoms with van der Waals surface area (Å²) in [5.74, 6) is 0.940. The molecule has 7 heteroatoms. The highest BCUT2D eigenvalue weighted by molar-refractivity contribution is 9.10. The number of likely N-dealkylation sites (tertiary alicyclic amines) is 1. The van der Waals surface area contributed by atoms with E-state index in [-0.39, 0.29) is 17.9 Å².